The average molecular weight is 403 g/mol. The van der Waals surface area contributed by atoms with E-state index in [4.69, 9.17) is 11.6 Å². The van der Waals surface area contributed by atoms with E-state index in [1.54, 1.807) is 0 Å². The number of nitrogens with one attached hydrogen (secondary N) is 1. The predicted molar refractivity (Wildman–Crippen MR) is 97.9 cm³/mol. The van der Waals surface area contributed by atoms with Crippen LogP contribution in [0.25, 0.3) is 0 Å². The third kappa shape index (κ3) is 4.38. The van der Waals surface area contributed by atoms with Gasteiger partial charge in [0.25, 0.3) is 0 Å². The highest BCUT2D eigenvalue weighted by Crippen LogP contribution is 2.28. The fourth-order valence-corrected chi connectivity index (χ4v) is 5.61. The van der Waals surface area contributed by atoms with Crippen LogP contribution in [0.5, 0.6) is 0 Å². The van der Waals surface area contributed by atoms with Gasteiger partial charge >= 0.3 is 0 Å². The first kappa shape index (κ1) is 19.6. The number of carbonyl (C=O) groups is 1. The number of hydrogen-bond acceptors (Lipinski definition) is 3. The number of hydrogen-bond donors (Lipinski definition) is 1. The maximum atomic E-state index is 14.0. The summed E-state index contributed by atoms with van der Waals surface area (Å²) in [6.45, 7) is 0.355. The van der Waals surface area contributed by atoms with Crippen molar-refractivity contribution in [2.45, 2.75) is 55.9 Å². The highest BCUT2D eigenvalue weighted by atomic mass is 35.5. The molecule has 1 amide bonds. The quantitative estimate of drug-likeness (QED) is 0.840. The average Bonchev–Trinajstić information content (AvgIpc) is 2.64. The van der Waals surface area contributed by atoms with Crippen LogP contribution < -0.4 is 5.32 Å². The molecule has 0 aromatic heterocycles. The van der Waals surface area contributed by atoms with Crippen molar-refractivity contribution in [1.82, 2.24) is 9.62 Å². The van der Waals surface area contributed by atoms with E-state index in [0.29, 0.717) is 12.8 Å². The van der Waals surface area contributed by atoms with Gasteiger partial charge in [0.2, 0.25) is 15.9 Å². The summed E-state index contributed by atoms with van der Waals surface area (Å²) in [5.41, 5.74) is 0. The van der Waals surface area contributed by atoms with Crippen molar-refractivity contribution in [2.75, 3.05) is 13.1 Å². The van der Waals surface area contributed by atoms with Crippen LogP contribution >= 0.6 is 11.6 Å². The Morgan fingerprint density at radius 3 is 2.62 bits per heavy atom. The van der Waals surface area contributed by atoms with E-state index >= 15 is 0 Å². The summed E-state index contributed by atoms with van der Waals surface area (Å²) in [6, 6.07) is 3.67. The summed E-state index contributed by atoms with van der Waals surface area (Å²) < 4.78 is 40.9. The van der Waals surface area contributed by atoms with E-state index in [9.17, 15) is 17.6 Å². The monoisotopic (exact) mass is 402 g/mol. The van der Waals surface area contributed by atoms with Crippen molar-refractivity contribution in [3.05, 3.63) is 29.0 Å². The molecule has 0 unspecified atom stereocenters. The van der Waals surface area contributed by atoms with Crippen molar-refractivity contribution in [2.24, 2.45) is 5.92 Å². The summed E-state index contributed by atoms with van der Waals surface area (Å²) in [5.74, 6) is -1.32. The lowest BCUT2D eigenvalue weighted by Gasteiger charge is -2.32. The first-order chi connectivity index (χ1) is 12.4. The van der Waals surface area contributed by atoms with E-state index in [-0.39, 0.29) is 30.1 Å². The molecule has 1 aromatic carbocycles. The fraction of sp³-hybridized carbons (Fsp3) is 0.611. The topological polar surface area (TPSA) is 66.5 Å². The van der Waals surface area contributed by atoms with Gasteiger partial charge < -0.3 is 5.32 Å². The van der Waals surface area contributed by atoms with Crippen LogP contribution in [0.2, 0.25) is 5.02 Å². The maximum absolute atomic E-state index is 14.0. The minimum Gasteiger partial charge on any atom is -0.353 e. The zero-order valence-electron chi connectivity index (χ0n) is 14.6. The molecule has 0 bridgehead atoms. The standard InChI is InChI=1S/C18H24ClFN2O3S/c19-14-8-9-16(20)17(11-14)26(24,25)22-10-4-5-13(12-22)18(23)21-15-6-2-1-3-7-15/h8-9,11,13,15H,1-7,10,12H2,(H,21,23)/t13-/m0/s1. The van der Waals surface area contributed by atoms with Crippen molar-refractivity contribution in [1.29, 1.82) is 0 Å². The lowest BCUT2D eigenvalue weighted by molar-refractivity contribution is -0.127. The maximum Gasteiger partial charge on any atom is 0.246 e. The summed E-state index contributed by atoms with van der Waals surface area (Å²) in [4.78, 5) is 12.1. The third-order valence-corrected chi connectivity index (χ3v) is 7.33. The molecule has 3 rings (SSSR count). The van der Waals surface area contributed by atoms with Crippen molar-refractivity contribution in [3.63, 3.8) is 0 Å². The van der Waals surface area contributed by atoms with E-state index in [2.05, 4.69) is 5.32 Å². The molecule has 1 aliphatic carbocycles. The molecule has 0 spiro atoms. The van der Waals surface area contributed by atoms with Crippen LogP contribution in [0.1, 0.15) is 44.9 Å². The summed E-state index contributed by atoms with van der Waals surface area (Å²) in [6.07, 6.45) is 6.61. The van der Waals surface area contributed by atoms with Gasteiger partial charge in [0.05, 0.1) is 5.92 Å². The van der Waals surface area contributed by atoms with Gasteiger partial charge in [-0.25, -0.2) is 12.8 Å². The summed E-state index contributed by atoms with van der Waals surface area (Å²) >= 11 is 5.84. The second-order valence-electron chi connectivity index (χ2n) is 7.12. The number of carbonyl (C=O) groups excluding carboxylic acids is 1. The summed E-state index contributed by atoms with van der Waals surface area (Å²) in [7, 11) is -4.02. The predicted octanol–water partition coefficient (Wildman–Crippen LogP) is 3.33. The van der Waals surface area contributed by atoms with Gasteiger partial charge in [-0.15, -0.1) is 0 Å². The molecule has 144 valence electrons. The molecule has 2 aliphatic rings. The zero-order valence-corrected chi connectivity index (χ0v) is 16.2. The second kappa shape index (κ2) is 8.23. The van der Waals surface area contributed by atoms with Crippen molar-refractivity contribution < 1.29 is 17.6 Å². The Labute approximate surface area is 158 Å². The van der Waals surface area contributed by atoms with E-state index in [0.717, 1.165) is 37.8 Å². The van der Waals surface area contributed by atoms with E-state index < -0.39 is 26.7 Å². The number of amides is 1. The van der Waals surface area contributed by atoms with Crippen LogP contribution in [-0.4, -0.2) is 37.8 Å². The molecule has 8 heteroatoms. The molecule has 1 aromatic rings. The van der Waals surface area contributed by atoms with Crippen molar-refractivity contribution in [3.8, 4) is 0 Å². The molecule has 1 saturated heterocycles. The molecule has 1 atom stereocenters. The Morgan fingerprint density at radius 1 is 1.15 bits per heavy atom. The lowest BCUT2D eigenvalue weighted by atomic mass is 9.93. The van der Waals surface area contributed by atoms with Gasteiger partial charge in [0.15, 0.2) is 0 Å². The Kier molecular flexibility index (Phi) is 6.20. The number of halogens is 2. The first-order valence-corrected chi connectivity index (χ1v) is 11.0. The number of piperidine rings is 1. The molecule has 1 aliphatic heterocycles. The Balaban J connectivity index is 1.71. The number of sulfonamides is 1. The second-order valence-corrected chi connectivity index (χ2v) is 9.46. The SMILES string of the molecule is O=C(NC1CCCCC1)[C@H]1CCCN(S(=O)(=O)c2cc(Cl)ccc2F)C1. The van der Waals surface area contributed by atoms with Crippen LogP contribution in [0.4, 0.5) is 4.39 Å². The van der Waals surface area contributed by atoms with Gasteiger partial charge in [-0.3, -0.25) is 4.79 Å². The van der Waals surface area contributed by atoms with Gasteiger partial charge in [-0.1, -0.05) is 30.9 Å². The molecule has 0 radical (unpaired) electrons. The molecular formula is C18H24ClFN2O3S. The van der Waals surface area contributed by atoms with Crippen LogP contribution in [0, 0.1) is 11.7 Å². The number of nitrogens with zero attached hydrogens (tertiary/aromatic N) is 1. The smallest absolute Gasteiger partial charge is 0.246 e. The number of rotatable bonds is 4. The van der Waals surface area contributed by atoms with E-state index in [1.165, 1.54) is 16.8 Å². The van der Waals surface area contributed by atoms with Crippen LogP contribution in [-0.2, 0) is 14.8 Å². The molecule has 1 heterocycles. The van der Waals surface area contributed by atoms with Gasteiger partial charge in [0, 0.05) is 24.2 Å². The largest absolute Gasteiger partial charge is 0.353 e. The highest BCUT2D eigenvalue weighted by Gasteiger charge is 2.35. The van der Waals surface area contributed by atoms with Gasteiger partial charge in [-0.2, -0.15) is 4.31 Å². The Morgan fingerprint density at radius 2 is 1.88 bits per heavy atom. The first-order valence-electron chi connectivity index (χ1n) is 9.13. The van der Waals surface area contributed by atoms with Gasteiger partial charge in [-0.05, 0) is 43.9 Å². The number of benzene rings is 1. The molecule has 5 nitrogen and oxygen atoms in total. The Bertz CT molecular complexity index is 766. The van der Waals surface area contributed by atoms with Crippen LogP contribution in [0.3, 0.4) is 0 Å². The third-order valence-electron chi connectivity index (χ3n) is 5.22. The minimum atomic E-state index is -4.02. The molecule has 1 saturated carbocycles. The van der Waals surface area contributed by atoms with Crippen LogP contribution in [0.15, 0.2) is 23.1 Å². The Hall–Kier alpha value is -1.18. The lowest BCUT2D eigenvalue weighted by Crippen LogP contribution is -2.48. The fourth-order valence-electron chi connectivity index (χ4n) is 3.75. The zero-order chi connectivity index (χ0) is 18.7. The molecule has 1 N–H and O–H groups in total. The molecular weight excluding hydrogens is 379 g/mol. The highest BCUT2D eigenvalue weighted by molar-refractivity contribution is 7.89. The van der Waals surface area contributed by atoms with E-state index in [1.807, 2.05) is 0 Å². The van der Waals surface area contributed by atoms with Crippen molar-refractivity contribution >= 4 is 27.5 Å². The van der Waals surface area contributed by atoms with Gasteiger partial charge in [0.1, 0.15) is 10.7 Å². The molecule has 26 heavy (non-hydrogen) atoms. The minimum absolute atomic E-state index is 0.0762. The summed E-state index contributed by atoms with van der Waals surface area (Å²) in [5, 5.41) is 3.23. The molecule has 2 fully saturated rings. The normalized spacial score (nSPS) is 22.9.